The molecule has 0 fully saturated rings. The van der Waals surface area contributed by atoms with E-state index in [2.05, 4.69) is 6.07 Å². The topological polar surface area (TPSA) is 69.4 Å². The third-order valence-corrected chi connectivity index (χ3v) is 4.73. The maximum atomic E-state index is 11.4. The average molecular weight is 313 g/mol. The summed E-state index contributed by atoms with van der Waals surface area (Å²) in [5, 5.41) is 5.20. The van der Waals surface area contributed by atoms with Gasteiger partial charge in [-0.05, 0) is 48.9 Å². The second-order valence-electron chi connectivity index (χ2n) is 6.91. The number of rotatable bonds is 5. The molecule has 1 unspecified atom stereocenters. The smallest absolute Gasteiger partial charge is 0.209 e. The molecule has 1 rings (SSSR count). The summed E-state index contributed by atoms with van der Waals surface area (Å²) in [4.78, 5) is 0. The Hall–Kier alpha value is -1.07. The predicted octanol–water partition coefficient (Wildman–Crippen LogP) is 2.94. The summed E-state index contributed by atoms with van der Waals surface area (Å²) in [5.41, 5.74) is 3.19. The fourth-order valence-corrected chi connectivity index (χ4v) is 3.33. The third-order valence-electron chi connectivity index (χ3n) is 3.86. The normalized spacial score (nSPS) is 14.0. The molecule has 0 heterocycles. The van der Waals surface area contributed by atoms with Crippen molar-refractivity contribution in [3.8, 4) is 5.75 Å². The number of nitrogens with two attached hydrogens (primary N) is 1. The number of ether oxygens (including phenoxy) is 1. The predicted molar refractivity (Wildman–Crippen MR) is 87.1 cm³/mol. The van der Waals surface area contributed by atoms with Crippen molar-refractivity contribution in [2.75, 3.05) is 12.4 Å². The van der Waals surface area contributed by atoms with Crippen LogP contribution >= 0.6 is 0 Å². The first-order valence-electron chi connectivity index (χ1n) is 7.11. The Morgan fingerprint density at radius 1 is 1.19 bits per heavy atom. The number of aryl methyl sites for hydroxylation is 2. The highest BCUT2D eigenvalue weighted by Gasteiger charge is 2.29. The Bertz CT molecular complexity index is 601. The first-order valence-corrected chi connectivity index (χ1v) is 8.83. The van der Waals surface area contributed by atoms with Gasteiger partial charge in [-0.3, -0.25) is 0 Å². The molecule has 2 N–H and O–H groups in total. The first-order chi connectivity index (χ1) is 9.40. The Kier molecular flexibility index (Phi) is 5.45. The lowest BCUT2D eigenvalue weighted by Gasteiger charge is -2.30. The monoisotopic (exact) mass is 313 g/mol. The minimum absolute atomic E-state index is 0.0691. The standard InChI is InChI=1S/C16H27NO3S/c1-11-7-12(2)13(3)15(8-11)20-9-14(16(4,5)6)10-21(17,18)19/h7-8,14H,9-10H2,1-6H3,(H2,17,18,19). The maximum absolute atomic E-state index is 11.4. The largest absolute Gasteiger partial charge is 0.493 e. The molecule has 0 aromatic heterocycles. The molecule has 1 aromatic carbocycles. The van der Waals surface area contributed by atoms with Gasteiger partial charge in [0.2, 0.25) is 10.0 Å². The quantitative estimate of drug-likeness (QED) is 0.908. The highest BCUT2D eigenvalue weighted by atomic mass is 32.2. The molecule has 1 atom stereocenters. The van der Waals surface area contributed by atoms with Crippen molar-refractivity contribution in [2.45, 2.75) is 41.5 Å². The Morgan fingerprint density at radius 2 is 1.76 bits per heavy atom. The molecule has 0 aliphatic heterocycles. The molecule has 0 amide bonds. The summed E-state index contributed by atoms with van der Waals surface area (Å²) in [6, 6.07) is 4.09. The lowest BCUT2D eigenvalue weighted by Crippen LogP contribution is -2.35. The molecule has 4 nitrogen and oxygen atoms in total. The molecule has 0 aliphatic rings. The molecule has 0 aliphatic carbocycles. The lowest BCUT2D eigenvalue weighted by atomic mass is 9.82. The van der Waals surface area contributed by atoms with E-state index in [1.165, 1.54) is 5.56 Å². The van der Waals surface area contributed by atoms with Crippen LogP contribution in [0.25, 0.3) is 0 Å². The van der Waals surface area contributed by atoms with E-state index in [1.807, 2.05) is 47.6 Å². The van der Waals surface area contributed by atoms with E-state index < -0.39 is 10.0 Å². The van der Waals surface area contributed by atoms with Gasteiger partial charge in [-0.1, -0.05) is 26.8 Å². The summed E-state index contributed by atoms with van der Waals surface area (Å²) in [5.74, 6) is 0.587. The molecule has 0 saturated carbocycles. The zero-order chi connectivity index (χ0) is 16.4. The fourth-order valence-electron chi connectivity index (χ4n) is 2.17. The van der Waals surface area contributed by atoms with Crippen LogP contribution in [0, 0.1) is 32.1 Å². The van der Waals surface area contributed by atoms with Gasteiger partial charge in [0, 0.05) is 5.92 Å². The number of benzene rings is 1. The highest BCUT2D eigenvalue weighted by molar-refractivity contribution is 7.89. The summed E-state index contributed by atoms with van der Waals surface area (Å²) in [6.45, 7) is 12.4. The second-order valence-corrected chi connectivity index (χ2v) is 8.57. The molecule has 0 radical (unpaired) electrons. The molecule has 21 heavy (non-hydrogen) atoms. The van der Waals surface area contributed by atoms with Crippen LogP contribution in [0.2, 0.25) is 0 Å². The van der Waals surface area contributed by atoms with Crippen LogP contribution in [0.3, 0.4) is 0 Å². The minimum Gasteiger partial charge on any atom is -0.493 e. The van der Waals surface area contributed by atoms with Crippen molar-refractivity contribution in [2.24, 2.45) is 16.5 Å². The van der Waals surface area contributed by atoms with Crippen LogP contribution in [0.1, 0.15) is 37.5 Å². The summed E-state index contributed by atoms with van der Waals surface area (Å²) >= 11 is 0. The summed E-state index contributed by atoms with van der Waals surface area (Å²) in [7, 11) is -3.52. The third kappa shape index (κ3) is 5.67. The van der Waals surface area contributed by atoms with E-state index in [-0.39, 0.29) is 17.1 Å². The van der Waals surface area contributed by atoms with Gasteiger partial charge in [0.1, 0.15) is 5.75 Å². The first kappa shape index (κ1) is 18.0. The van der Waals surface area contributed by atoms with Crippen molar-refractivity contribution in [1.29, 1.82) is 0 Å². The van der Waals surface area contributed by atoms with Crippen molar-refractivity contribution in [3.63, 3.8) is 0 Å². The van der Waals surface area contributed by atoms with E-state index in [4.69, 9.17) is 9.88 Å². The molecule has 0 saturated heterocycles. The SMILES string of the molecule is Cc1cc(C)c(C)c(OCC(CS(N)(=O)=O)C(C)(C)C)c1. The van der Waals surface area contributed by atoms with Gasteiger partial charge >= 0.3 is 0 Å². The van der Waals surface area contributed by atoms with E-state index in [0.29, 0.717) is 6.61 Å². The van der Waals surface area contributed by atoms with Crippen LogP contribution in [-0.4, -0.2) is 20.8 Å². The van der Waals surface area contributed by atoms with E-state index in [1.54, 1.807) is 0 Å². The van der Waals surface area contributed by atoms with E-state index >= 15 is 0 Å². The molecular formula is C16H27NO3S. The minimum atomic E-state index is -3.52. The molecule has 120 valence electrons. The van der Waals surface area contributed by atoms with Crippen molar-refractivity contribution in [1.82, 2.24) is 0 Å². The molecule has 0 spiro atoms. The summed E-state index contributed by atoms with van der Waals surface area (Å²) in [6.07, 6.45) is 0. The van der Waals surface area contributed by atoms with E-state index in [9.17, 15) is 8.42 Å². The zero-order valence-electron chi connectivity index (χ0n) is 13.9. The van der Waals surface area contributed by atoms with Crippen LogP contribution in [0.5, 0.6) is 5.75 Å². The fraction of sp³-hybridized carbons (Fsp3) is 0.625. The van der Waals surface area contributed by atoms with Gasteiger partial charge in [-0.2, -0.15) is 0 Å². The Labute approximate surface area is 128 Å². The summed E-state index contributed by atoms with van der Waals surface area (Å²) < 4.78 is 28.7. The van der Waals surface area contributed by atoms with Gasteiger partial charge < -0.3 is 4.74 Å². The van der Waals surface area contributed by atoms with Gasteiger partial charge in [0.25, 0.3) is 0 Å². The molecule has 5 heteroatoms. The molecular weight excluding hydrogens is 286 g/mol. The van der Waals surface area contributed by atoms with Gasteiger partial charge in [0.05, 0.1) is 12.4 Å². The second kappa shape index (κ2) is 6.36. The van der Waals surface area contributed by atoms with Gasteiger partial charge in [-0.25, -0.2) is 13.6 Å². The molecule has 1 aromatic rings. The maximum Gasteiger partial charge on any atom is 0.209 e. The number of sulfonamides is 1. The highest BCUT2D eigenvalue weighted by Crippen LogP contribution is 2.29. The number of hydrogen-bond acceptors (Lipinski definition) is 3. The number of hydrogen-bond donors (Lipinski definition) is 1. The average Bonchev–Trinajstić information content (AvgIpc) is 2.27. The van der Waals surface area contributed by atoms with Crippen molar-refractivity contribution < 1.29 is 13.2 Å². The van der Waals surface area contributed by atoms with Crippen LogP contribution in [-0.2, 0) is 10.0 Å². The lowest BCUT2D eigenvalue weighted by molar-refractivity contribution is 0.162. The van der Waals surface area contributed by atoms with Crippen LogP contribution in [0.4, 0.5) is 0 Å². The van der Waals surface area contributed by atoms with E-state index in [0.717, 1.165) is 16.9 Å². The Balaban J connectivity index is 2.92. The van der Waals surface area contributed by atoms with Crippen LogP contribution < -0.4 is 9.88 Å². The van der Waals surface area contributed by atoms with Crippen LogP contribution in [0.15, 0.2) is 12.1 Å². The van der Waals surface area contributed by atoms with Crippen molar-refractivity contribution >= 4 is 10.0 Å². The zero-order valence-corrected chi connectivity index (χ0v) is 14.7. The Morgan fingerprint density at radius 3 is 2.24 bits per heavy atom. The number of primary sulfonamides is 1. The molecule has 0 bridgehead atoms. The van der Waals surface area contributed by atoms with Gasteiger partial charge in [-0.15, -0.1) is 0 Å². The van der Waals surface area contributed by atoms with Crippen molar-refractivity contribution in [3.05, 3.63) is 28.8 Å². The van der Waals surface area contributed by atoms with Gasteiger partial charge in [0.15, 0.2) is 0 Å².